The summed E-state index contributed by atoms with van der Waals surface area (Å²) >= 11 is 6.62. The van der Waals surface area contributed by atoms with Crippen LogP contribution in [0.3, 0.4) is 0 Å². The van der Waals surface area contributed by atoms with Gasteiger partial charge in [0.05, 0.1) is 22.4 Å². The molecule has 0 saturated heterocycles. The van der Waals surface area contributed by atoms with Gasteiger partial charge in [0, 0.05) is 49.3 Å². The molecular weight excluding hydrogens is 511 g/mol. The van der Waals surface area contributed by atoms with Gasteiger partial charge in [-0.3, -0.25) is 4.98 Å². The number of fused-ring (bicyclic) bond motifs is 1. The molecule has 0 aliphatic heterocycles. The fourth-order valence-electron chi connectivity index (χ4n) is 5.34. The van der Waals surface area contributed by atoms with Crippen molar-refractivity contribution in [1.29, 1.82) is 0 Å². The van der Waals surface area contributed by atoms with E-state index in [0.29, 0.717) is 23.7 Å². The Balaban J connectivity index is 1.13. The summed E-state index contributed by atoms with van der Waals surface area (Å²) in [6.07, 6.45) is 11.6. The van der Waals surface area contributed by atoms with Gasteiger partial charge in [-0.1, -0.05) is 35.9 Å². The second-order valence-corrected chi connectivity index (χ2v) is 10.6. The standard InChI is InChI=1S/C31H30ClFN6/c32-28-18-36-31(38-26-9-7-25(8-10-26)35-17-22-4-2-12-34-16-22)15-27(28)23-6-11-29-30(14-23)39(20-37-29)19-21-3-1-5-24(33)13-21/h1-6,11-16,18,20,25-26,35H,7-10,17,19H2,(H,36,38)/t25-,26-. The Kier molecular flexibility index (Phi) is 7.52. The minimum absolute atomic E-state index is 0.240. The van der Waals surface area contributed by atoms with Gasteiger partial charge in [-0.05, 0) is 78.8 Å². The van der Waals surface area contributed by atoms with E-state index in [0.717, 1.165) is 65.8 Å². The molecule has 0 amide bonds. The number of rotatable bonds is 8. The van der Waals surface area contributed by atoms with E-state index < -0.39 is 0 Å². The van der Waals surface area contributed by atoms with Crippen LogP contribution in [-0.4, -0.2) is 31.6 Å². The Morgan fingerprint density at radius 3 is 2.56 bits per heavy atom. The summed E-state index contributed by atoms with van der Waals surface area (Å²) in [7, 11) is 0. The Labute approximate surface area is 232 Å². The molecule has 0 unspecified atom stereocenters. The molecule has 1 fully saturated rings. The molecule has 198 valence electrons. The first-order valence-electron chi connectivity index (χ1n) is 13.3. The van der Waals surface area contributed by atoms with Crippen molar-refractivity contribution in [1.82, 2.24) is 24.8 Å². The highest BCUT2D eigenvalue weighted by molar-refractivity contribution is 6.33. The van der Waals surface area contributed by atoms with Crippen LogP contribution in [0.25, 0.3) is 22.2 Å². The molecule has 1 saturated carbocycles. The quantitative estimate of drug-likeness (QED) is 0.225. The van der Waals surface area contributed by atoms with E-state index >= 15 is 0 Å². The average Bonchev–Trinajstić information content (AvgIpc) is 3.36. The van der Waals surface area contributed by atoms with Crippen molar-refractivity contribution >= 4 is 28.5 Å². The second kappa shape index (κ2) is 11.5. The van der Waals surface area contributed by atoms with Crippen LogP contribution in [0, 0.1) is 5.82 Å². The average molecular weight is 541 g/mol. The number of nitrogens with one attached hydrogen (secondary N) is 2. The van der Waals surface area contributed by atoms with Crippen molar-refractivity contribution < 1.29 is 4.39 Å². The number of benzene rings is 2. The van der Waals surface area contributed by atoms with Crippen LogP contribution in [0.5, 0.6) is 0 Å². The smallest absolute Gasteiger partial charge is 0.126 e. The number of halogens is 2. The first-order valence-corrected chi connectivity index (χ1v) is 13.7. The van der Waals surface area contributed by atoms with E-state index in [9.17, 15) is 4.39 Å². The zero-order valence-electron chi connectivity index (χ0n) is 21.5. The molecule has 5 aromatic rings. The fraction of sp³-hybridized carbons (Fsp3) is 0.258. The lowest BCUT2D eigenvalue weighted by atomic mass is 9.91. The molecule has 0 radical (unpaired) electrons. The maximum Gasteiger partial charge on any atom is 0.126 e. The highest BCUT2D eigenvalue weighted by Gasteiger charge is 2.21. The summed E-state index contributed by atoms with van der Waals surface area (Å²) in [5.41, 5.74) is 5.86. The third-order valence-electron chi connectivity index (χ3n) is 7.43. The first kappa shape index (κ1) is 25.5. The van der Waals surface area contributed by atoms with Gasteiger partial charge in [-0.2, -0.15) is 0 Å². The Hall–Kier alpha value is -3.81. The van der Waals surface area contributed by atoms with Gasteiger partial charge in [0.25, 0.3) is 0 Å². The Bertz CT molecular complexity index is 1560. The number of hydrogen-bond acceptors (Lipinski definition) is 5. The summed E-state index contributed by atoms with van der Waals surface area (Å²) < 4.78 is 15.7. The number of aromatic nitrogens is 4. The van der Waals surface area contributed by atoms with Gasteiger partial charge >= 0.3 is 0 Å². The molecule has 1 aliphatic rings. The normalized spacial score (nSPS) is 17.4. The van der Waals surface area contributed by atoms with Crippen LogP contribution in [-0.2, 0) is 13.1 Å². The topological polar surface area (TPSA) is 67.7 Å². The van der Waals surface area contributed by atoms with E-state index in [4.69, 9.17) is 11.6 Å². The van der Waals surface area contributed by atoms with Gasteiger partial charge < -0.3 is 15.2 Å². The van der Waals surface area contributed by atoms with Crippen LogP contribution >= 0.6 is 11.6 Å². The van der Waals surface area contributed by atoms with Crippen LogP contribution in [0.1, 0.15) is 36.8 Å². The first-order chi connectivity index (χ1) is 19.1. The summed E-state index contributed by atoms with van der Waals surface area (Å²) in [6.45, 7) is 1.39. The highest BCUT2D eigenvalue weighted by atomic mass is 35.5. The largest absolute Gasteiger partial charge is 0.367 e. The molecular formula is C31H30ClFN6. The summed E-state index contributed by atoms with van der Waals surface area (Å²) in [6, 6.07) is 19.8. The van der Waals surface area contributed by atoms with Gasteiger partial charge in [0.2, 0.25) is 0 Å². The molecule has 39 heavy (non-hydrogen) atoms. The van der Waals surface area contributed by atoms with Gasteiger partial charge in [0.15, 0.2) is 0 Å². The van der Waals surface area contributed by atoms with E-state index in [2.05, 4.69) is 37.7 Å². The van der Waals surface area contributed by atoms with Crippen molar-refractivity contribution in [2.45, 2.75) is 50.9 Å². The maximum atomic E-state index is 13.7. The molecule has 3 heterocycles. The highest BCUT2D eigenvalue weighted by Crippen LogP contribution is 2.32. The van der Waals surface area contributed by atoms with Crippen molar-refractivity contribution in [3.8, 4) is 11.1 Å². The Morgan fingerprint density at radius 2 is 1.74 bits per heavy atom. The van der Waals surface area contributed by atoms with Crippen molar-refractivity contribution in [2.24, 2.45) is 0 Å². The maximum absolute atomic E-state index is 13.7. The summed E-state index contributed by atoms with van der Waals surface area (Å²) in [4.78, 5) is 13.3. The van der Waals surface area contributed by atoms with E-state index in [-0.39, 0.29) is 5.82 Å². The second-order valence-electron chi connectivity index (χ2n) is 10.2. The fourth-order valence-corrected chi connectivity index (χ4v) is 5.55. The molecule has 0 bridgehead atoms. The predicted octanol–water partition coefficient (Wildman–Crippen LogP) is 6.85. The van der Waals surface area contributed by atoms with Gasteiger partial charge in [0.1, 0.15) is 11.6 Å². The number of hydrogen-bond donors (Lipinski definition) is 2. The van der Waals surface area contributed by atoms with E-state index in [1.807, 2.05) is 41.1 Å². The SMILES string of the molecule is Fc1cccc(Cn2cnc3ccc(-c4cc(N[C@H]5CC[C@H](NCc6cccnc6)CC5)ncc4Cl)cc32)c1. The lowest BCUT2D eigenvalue weighted by Gasteiger charge is -2.30. The number of anilines is 1. The molecule has 8 heteroatoms. The molecule has 0 spiro atoms. The van der Waals surface area contributed by atoms with Gasteiger partial charge in [-0.25, -0.2) is 14.4 Å². The van der Waals surface area contributed by atoms with Crippen molar-refractivity contribution in [2.75, 3.05) is 5.32 Å². The van der Waals surface area contributed by atoms with E-state index in [1.54, 1.807) is 30.9 Å². The Morgan fingerprint density at radius 1 is 0.897 bits per heavy atom. The van der Waals surface area contributed by atoms with E-state index in [1.165, 1.54) is 11.6 Å². The van der Waals surface area contributed by atoms with Crippen LogP contribution in [0.4, 0.5) is 10.2 Å². The molecule has 3 aromatic heterocycles. The molecule has 1 aliphatic carbocycles. The minimum atomic E-state index is -0.240. The third-order valence-corrected chi connectivity index (χ3v) is 7.73. The minimum Gasteiger partial charge on any atom is -0.367 e. The lowest BCUT2D eigenvalue weighted by molar-refractivity contribution is 0.352. The molecule has 0 atom stereocenters. The number of imidazole rings is 1. The summed E-state index contributed by atoms with van der Waals surface area (Å²) in [5, 5.41) is 7.90. The molecule has 6 rings (SSSR count). The third kappa shape index (κ3) is 6.10. The molecule has 2 N–H and O–H groups in total. The zero-order chi connectivity index (χ0) is 26.6. The van der Waals surface area contributed by atoms with Crippen LogP contribution < -0.4 is 10.6 Å². The molecule has 6 nitrogen and oxygen atoms in total. The molecule has 2 aromatic carbocycles. The predicted molar refractivity (Wildman–Crippen MR) is 154 cm³/mol. The summed E-state index contributed by atoms with van der Waals surface area (Å²) in [5.74, 6) is 0.588. The number of pyridine rings is 2. The van der Waals surface area contributed by atoms with Crippen LogP contribution in [0.15, 0.2) is 85.6 Å². The van der Waals surface area contributed by atoms with Crippen molar-refractivity contribution in [3.63, 3.8) is 0 Å². The lowest BCUT2D eigenvalue weighted by Crippen LogP contribution is -2.36. The van der Waals surface area contributed by atoms with Gasteiger partial charge in [-0.15, -0.1) is 0 Å². The zero-order valence-corrected chi connectivity index (χ0v) is 22.3. The van der Waals surface area contributed by atoms with Crippen molar-refractivity contribution in [3.05, 3.63) is 108 Å². The monoisotopic (exact) mass is 540 g/mol. The van der Waals surface area contributed by atoms with Crippen LogP contribution in [0.2, 0.25) is 5.02 Å². The number of nitrogens with zero attached hydrogens (tertiary/aromatic N) is 4.